The summed E-state index contributed by atoms with van der Waals surface area (Å²) in [5.41, 5.74) is 7.97. The third-order valence-electron chi connectivity index (χ3n) is 2.08. The number of carbonyl (C=O) groups is 1. The Morgan fingerprint density at radius 3 is 2.85 bits per heavy atom. The molecular weight excluding hydrogens is 170 g/mol. The standard InChI is InChI=1S/C8H13N3O2/c9-11-10-6-5-8(12)13-7-3-1-2-4-7/h7H,1-6H2. The number of hydrogen-bond donors (Lipinski definition) is 0. The molecule has 5 nitrogen and oxygen atoms in total. The van der Waals surface area contributed by atoms with Gasteiger partial charge in [0.1, 0.15) is 6.10 Å². The Kier molecular flexibility index (Phi) is 4.12. The van der Waals surface area contributed by atoms with Crippen LogP contribution >= 0.6 is 0 Å². The minimum Gasteiger partial charge on any atom is -0.462 e. The van der Waals surface area contributed by atoms with Crippen LogP contribution in [0.1, 0.15) is 32.1 Å². The van der Waals surface area contributed by atoms with Crippen LogP contribution in [-0.4, -0.2) is 18.6 Å². The zero-order chi connectivity index (χ0) is 9.52. The third-order valence-corrected chi connectivity index (χ3v) is 2.08. The van der Waals surface area contributed by atoms with Crippen LogP contribution in [0.15, 0.2) is 5.11 Å². The van der Waals surface area contributed by atoms with Gasteiger partial charge < -0.3 is 4.74 Å². The fourth-order valence-corrected chi connectivity index (χ4v) is 1.44. The average molecular weight is 183 g/mol. The lowest BCUT2D eigenvalue weighted by Crippen LogP contribution is -2.14. The van der Waals surface area contributed by atoms with E-state index in [0.717, 1.165) is 25.7 Å². The fraction of sp³-hybridized carbons (Fsp3) is 0.875. The van der Waals surface area contributed by atoms with Gasteiger partial charge >= 0.3 is 5.97 Å². The summed E-state index contributed by atoms with van der Waals surface area (Å²) in [4.78, 5) is 13.6. The predicted octanol–water partition coefficient (Wildman–Crippen LogP) is 2.17. The minimum atomic E-state index is -0.251. The van der Waals surface area contributed by atoms with E-state index in [-0.39, 0.29) is 25.0 Å². The van der Waals surface area contributed by atoms with Crippen LogP contribution in [0.25, 0.3) is 10.4 Å². The Labute approximate surface area is 76.7 Å². The molecule has 1 aliphatic carbocycles. The molecule has 0 N–H and O–H groups in total. The molecule has 0 aromatic heterocycles. The predicted molar refractivity (Wildman–Crippen MR) is 47.0 cm³/mol. The van der Waals surface area contributed by atoms with Gasteiger partial charge in [-0.25, -0.2) is 0 Å². The summed E-state index contributed by atoms with van der Waals surface area (Å²) >= 11 is 0. The molecule has 0 bridgehead atoms. The fourth-order valence-electron chi connectivity index (χ4n) is 1.44. The third kappa shape index (κ3) is 3.80. The summed E-state index contributed by atoms with van der Waals surface area (Å²) in [6, 6.07) is 0. The van der Waals surface area contributed by atoms with E-state index in [1.807, 2.05) is 0 Å². The summed E-state index contributed by atoms with van der Waals surface area (Å²) in [6.07, 6.45) is 4.56. The van der Waals surface area contributed by atoms with Crippen molar-refractivity contribution in [2.45, 2.75) is 38.2 Å². The molecule has 0 aliphatic heterocycles. The summed E-state index contributed by atoms with van der Waals surface area (Å²) in [5, 5.41) is 3.27. The van der Waals surface area contributed by atoms with Gasteiger partial charge in [-0.1, -0.05) is 5.11 Å². The van der Waals surface area contributed by atoms with E-state index >= 15 is 0 Å². The topological polar surface area (TPSA) is 75.1 Å². The SMILES string of the molecule is [N-]=[N+]=NCCC(=O)OC1CCCC1. The Balaban J connectivity index is 2.12. The number of rotatable bonds is 4. The molecule has 0 radical (unpaired) electrons. The lowest BCUT2D eigenvalue weighted by Gasteiger charge is -2.09. The van der Waals surface area contributed by atoms with Crippen LogP contribution in [-0.2, 0) is 9.53 Å². The van der Waals surface area contributed by atoms with Gasteiger partial charge in [0.05, 0.1) is 6.42 Å². The summed E-state index contributed by atoms with van der Waals surface area (Å²) in [6.45, 7) is 0.196. The monoisotopic (exact) mass is 183 g/mol. The zero-order valence-electron chi connectivity index (χ0n) is 7.48. The Morgan fingerprint density at radius 1 is 1.54 bits per heavy atom. The summed E-state index contributed by atoms with van der Waals surface area (Å²) in [5.74, 6) is -0.251. The van der Waals surface area contributed by atoms with E-state index in [0.29, 0.717) is 0 Å². The van der Waals surface area contributed by atoms with E-state index in [9.17, 15) is 4.79 Å². The number of ether oxygens (including phenoxy) is 1. The maximum atomic E-state index is 11.1. The molecular formula is C8H13N3O2. The lowest BCUT2D eigenvalue weighted by atomic mass is 10.3. The molecule has 1 aliphatic rings. The van der Waals surface area contributed by atoms with Gasteiger partial charge in [-0.2, -0.15) is 0 Å². The van der Waals surface area contributed by atoms with Crippen molar-refractivity contribution in [1.82, 2.24) is 0 Å². The van der Waals surface area contributed by atoms with Gasteiger partial charge in [0.2, 0.25) is 0 Å². The lowest BCUT2D eigenvalue weighted by molar-refractivity contribution is -0.148. The highest BCUT2D eigenvalue weighted by Gasteiger charge is 2.18. The zero-order valence-corrected chi connectivity index (χ0v) is 7.48. The number of hydrogen-bond acceptors (Lipinski definition) is 3. The number of carbonyl (C=O) groups excluding carboxylic acids is 1. The smallest absolute Gasteiger partial charge is 0.306 e. The van der Waals surface area contributed by atoms with Crippen molar-refractivity contribution in [3.8, 4) is 0 Å². The maximum Gasteiger partial charge on any atom is 0.306 e. The highest BCUT2D eigenvalue weighted by atomic mass is 16.5. The molecule has 72 valence electrons. The summed E-state index contributed by atoms with van der Waals surface area (Å²) < 4.78 is 5.14. The molecule has 0 unspecified atom stereocenters. The van der Waals surface area contributed by atoms with E-state index < -0.39 is 0 Å². The quantitative estimate of drug-likeness (QED) is 0.290. The number of esters is 1. The van der Waals surface area contributed by atoms with Crippen molar-refractivity contribution < 1.29 is 9.53 Å². The van der Waals surface area contributed by atoms with Crippen LogP contribution in [0.3, 0.4) is 0 Å². The molecule has 0 saturated heterocycles. The molecule has 0 aromatic carbocycles. The molecule has 0 aromatic rings. The van der Waals surface area contributed by atoms with E-state index in [4.69, 9.17) is 10.3 Å². The minimum absolute atomic E-state index is 0.110. The van der Waals surface area contributed by atoms with Crippen LogP contribution < -0.4 is 0 Å². The van der Waals surface area contributed by atoms with E-state index in [1.54, 1.807) is 0 Å². The van der Waals surface area contributed by atoms with Gasteiger partial charge in [0.15, 0.2) is 0 Å². The first-order chi connectivity index (χ1) is 6.33. The van der Waals surface area contributed by atoms with Gasteiger partial charge in [-0.15, -0.1) is 0 Å². The van der Waals surface area contributed by atoms with Crippen molar-refractivity contribution in [3.05, 3.63) is 10.4 Å². The van der Waals surface area contributed by atoms with E-state index in [2.05, 4.69) is 10.0 Å². The largest absolute Gasteiger partial charge is 0.462 e. The second-order valence-electron chi connectivity index (χ2n) is 3.10. The second-order valence-corrected chi connectivity index (χ2v) is 3.10. The van der Waals surface area contributed by atoms with Crippen LogP contribution in [0.4, 0.5) is 0 Å². The molecule has 0 spiro atoms. The highest BCUT2D eigenvalue weighted by molar-refractivity contribution is 5.69. The van der Waals surface area contributed by atoms with Gasteiger partial charge in [0, 0.05) is 11.5 Å². The van der Waals surface area contributed by atoms with Gasteiger partial charge in [-0.05, 0) is 31.2 Å². The van der Waals surface area contributed by atoms with Gasteiger partial charge in [-0.3, -0.25) is 4.79 Å². The van der Waals surface area contributed by atoms with Crippen molar-refractivity contribution in [3.63, 3.8) is 0 Å². The molecule has 1 fully saturated rings. The van der Waals surface area contributed by atoms with Gasteiger partial charge in [0.25, 0.3) is 0 Å². The maximum absolute atomic E-state index is 11.1. The van der Waals surface area contributed by atoms with Crippen LogP contribution in [0, 0.1) is 0 Å². The molecule has 5 heteroatoms. The van der Waals surface area contributed by atoms with Crippen molar-refractivity contribution in [2.24, 2.45) is 5.11 Å². The molecule has 0 amide bonds. The Bertz CT molecular complexity index is 217. The van der Waals surface area contributed by atoms with Crippen molar-refractivity contribution in [2.75, 3.05) is 6.54 Å². The summed E-state index contributed by atoms with van der Waals surface area (Å²) in [7, 11) is 0. The van der Waals surface area contributed by atoms with E-state index in [1.165, 1.54) is 0 Å². The Hall–Kier alpha value is -1.22. The first-order valence-corrected chi connectivity index (χ1v) is 4.53. The molecule has 1 rings (SSSR count). The molecule has 0 atom stereocenters. The average Bonchev–Trinajstić information content (AvgIpc) is 2.57. The normalized spacial score (nSPS) is 16.6. The second kappa shape index (κ2) is 5.43. The number of azide groups is 1. The molecule has 1 saturated carbocycles. The van der Waals surface area contributed by atoms with Crippen LogP contribution in [0.5, 0.6) is 0 Å². The van der Waals surface area contributed by atoms with Crippen molar-refractivity contribution in [1.29, 1.82) is 0 Å². The van der Waals surface area contributed by atoms with Crippen LogP contribution in [0.2, 0.25) is 0 Å². The highest BCUT2D eigenvalue weighted by Crippen LogP contribution is 2.21. The Morgan fingerprint density at radius 2 is 2.23 bits per heavy atom. The molecule has 0 heterocycles. The first-order valence-electron chi connectivity index (χ1n) is 4.53. The van der Waals surface area contributed by atoms with Crippen molar-refractivity contribution >= 4 is 5.97 Å². The number of nitrogens with zero attached hydrogens (tertiary/aromatic N) is 3. The molecule has 13 heavy (non-hydrogen) atoms. The first kappa shape index (κ1) is 9.86.